The fourth-order valence-electron chi connectivity index (χ4n) is 3.42. The van der Waals surface area contributed by atoms with Gasteiger partial charge in [-0.15, -0.1) is 0 Å². The Balaban J connectivity index is 2.15. The van der Waals surface area contributed by atoms with Crippen molar-refractivity contribution < 1.29 is 41.7 Å². The average Bonchev–Trinajstić information content (AvgIpc) is 3.02. The molecule has 7 nitrogen and oxygen atoms in total. The molecule has 1 aliphatic rings. The standard InChI is InChI=1S/C22H20F3NO6/c1-29-15-6-5-11(8-16(15)30-2)7-14-19(26-21(28)22(23,24)25)12-9-17(31-3)18(32-4)10-13(12)20(14)27/h5-10,19H,1-4H3,(H,26,28)/b14-7+. The highest BCUT2D eigenvalue weighted by Gasteiger charge is 2.44. The lowest BCUT2D eigenvalue weighted by atomic mass is 10.0. The average molecular weight is 451 g/mol. The van der Waals surface area contributed by atoms with Crippen LogP contribution in [0.15, 0.2) is 35.9 Å². The number of carbonyl (C=O) groups is 2. The second-order valence-electron chi connectivity index (χ2n) is 6.74. The van der Waals surface area contributed by atoms with Crippen LogP contribution >= 0.6 is 0 Å². The number of carbonyl (C=O) groups excluding carboxylic acids is 2. The maximum atomic E-state index is 13.1. The predicted molar refractivity (Wildman–Crippen MR) is 108 cm³/mol. The summed E-state index contributed by atoms with van der Waals surface area (Å²) in [5.74, 6) is -1.49. The molecule has 0 saturated heterocycles. The quantitative estimate of drug-likeness (QED) is 0.675. The summed E-state index contributed by atoms with van der Waals surface area (Å²) in [6.07, 6.45) is -3.73. The summed E-state index contributed by atoms with van der Waals surface area (Å²) >= 11 is 0. The number of fused-ring (bicyclic) bond motifs is 1. The fraction of sp³-hybridized carbons (Fsp3) is 0.273. The summed E-state index contributed by atoms with van der Waals surface area (Å²) < 4.78 is 59.8. The topological polar surface area (TPSA) is 83.1 Å². The van der Waals surface area contributed by atoms with E-state index in [1.165, 1.54) is 46.6 Å². The van der Waals surface area contributed by atoms with E-state index in [9.17, 15) is 22.8 Å². The van der Waals surface area contributed by atoms with Gasteiger partial charge in [-0.05, 0) is 41.5 Å². The molecule has 1 N–H and O–H groups in total. The van der Waals surface area contributed by atoms with Gasteiger partial charge in [-0.2, -0.15) is 13.2 Å². The van der Waals surface area contributed by atoms with Gasteiger partial charge in [0.05, 0.1) is 34.5 Å². The molecular formula is C22H20F3NO6. The van der Waals surface area contributed by atoms with Crippen molar-refractivity contribution in [3.8, 4) is 23.0 Å². The molecule has 0 aromatic heterocycles. The van der Waals surface area contributed by atoms with Gasteiger partial charge >= 0.3 is 12.1 Å². The SMILES string of the molecule is COc1ccc(/C=C2/C(=O)c3cc(OC)c(OC)cc3C2NC(=O)C(F)(F)F)cc1OC. The van der Waals surface area contributed by atoms with E-state index in [0.29, 0.717) is 17.1 Å². The molecule has 10 heteroatoms. The van der Waals surface area contributed by atoms with Gasteiger partial charge in [0.2, 0.25) is 0 Å². The molecule has 3 rings (SSSR count). The molecule has 0 heterocycles. The number of hydrogen-bond donors (Lipinski definition) is 1. The molecule has 170 valence electrons. The number of amides is 1. The van der Waals surface area contributed by atoms with Crippen LogP contribution in [-0.4, -0.2) is 46.3 Å². The van der Waals surface area contributed by atoms with E-state index in [4.69, 9.17) is 18.9 Å². The van der Waals surface area contributed by atoms with Crippen molar-refractivity contribution in [2.45, 2.75) is 12.2 Å². The lowest BCUT2D eigenvalue weighted by Gasteiger charge is -2.18. The van der Waals surface area contributed by atoms with Crippen LogP contribution in [0.4, 0.5) is 13.2 Å². The van der Waals surface area contributed by atoms with Crippen LogP contribution in [0.2, 0.25) is 0 Å². The minimum atomic E-state index is -5.13. The Morgan fingerprint density at radius 2 is 1.47 bits per heavy atom. The Hall–Kier alpha value is -3.69. The highest BCUT2D eigenvalue weighted by atomic mass is 19.4. The van der Waals surface area contributed by atoms with Gasteiger partial charge in [-0.3, -0.25) is 9.59 Å². The Labute approximate surface area is 181 Å². The lowest BCUT2D eigenvalue weighted by Crippen LogP contribution is -2.39. The van der Waals surface area contributed by atoms with Gasteiger partial charge in [0.25, 0.3) is 0 Å². The summed E-state index contributed by atoms with van der Waals surface area (Å²) in [5, 5.41) is 1.91. The number of methoxy groups -OCH3 is 4. The molecule has 0 radical (unpaired) electrons. The molecule has 0 fully saturated rings. The molecule has 1 unspecified atom stereocenters. The first-order valence-corrected chi connectivity index (χ1v) is 9.26. The number of ether oxygens (including phenoxy) is 4. The van der Waals surface area contributed by atoms with Crippen molar-refractivity contribution in [3.05, 3.63) is 52.6 Å². The zero-order valence-electron chi connectivity index (χ0n) is 17.6. The molecule has 0 aliphatic heterocycles. The molecule has 0 saturated carbocycles. The maximum Gasteiger partial charge on any atom is 0.471 e. The number of alkyl halides is 3. The van der Waals surface area contributed by atoms with E-state index in [2.05, 4.69) is 0 Å². The van der Waals surface area contributed by atoms with Gasteiger partial charge in [-0.1, -0.05) is 6.07 Å². The first kappa shape index (κ1) is 23.0. The van der Waals surface area contributed by atoms with E-state index in [-0.39, 0.29) is 28.2 Å². The molecule has 2 aromatic carbocycles. The molecule has 1 amide bonds. The molecule has 0 spiro atoms. The van der Waals surface area contributed by atoms with E-state index in [1.807, 2.05) is 5.32 Å². The first-order valence-electron chi connectivity index (χ1n) is 9.26. The Kier molecular flexibility index (Phi) is 6.33. The largest absolute Gasteiger partial charge is 0.493 e. The smallest absolute Gasteiger partial charge is 0.471 e. The molecular weight excluding hydrogens is 431 g/mol. The number of Topliss-reactive ketones (excluding diaryl/α,β-unsaturated/α-hetero) is 1. The Morgan fingerprint density at radius 1 is 0.906 bits per heavy atom. The van der Waals surface area contributed by atoms with Gasteiger partial charge in [0.1, 0.15) is 0 Å². The van der Waals surface area contributed by atoms with E-state index >= 15 is 0 Å². The minimum absolute atomic E-state index is 0.0554. The zero-order valence-corrected chi connectivity index (χ0v) is 17.6. The van der Waals surface area contributed by atoms with Crippen molar-refractivity contribution in [1.29, 1.82) is 0 Å². The fourth-order valence-corrected chi connectivity index (χ4v) is 3.42. The Morgan fingerprint density at radius 3 is 2.03 bits per heavy atom. The van der Waals surface area contributed by atoms with Crippen LogP contribution in [0.1, 0.15) is 27.5 Å². The molecule has 32 heavy (non-hydrogen) atoms. The van der Waals surface area contributed by atoms with Crippen LogP contribution in [0, 0.1) is 0 Å². The van der Waals surface area contributed by atoms with Gasteiger partial charge in [-0.25, -0.2) is 0 Å². The van der Waals surface area contributed by atoms with Gasteiger partial charge in [0, 0.05) is 11.1 Å². The molecule has 1 aliphatic carbocycles. The van der Waals surface area contributed by atoms with Crippen molar-refractivity contribution in [1.82, 2.24) is 5.32 Å². The highest BCUT2D eigenvalue weighted by Crippen LogP contribution is 2.43. The van der Waals surface area contributed by atoms with E-state index in [0.717, 1.165) is 0 Å². The second kappa shape index (κ2) is 8.81. The van der Waals surface area contributed by atoms with E-state index in [1.54, 1.807) is 18.2 Å². The number of ketones is 1. The normalized spacial score (nSPS) is 16.5. The Bertz CT molecular complexity index is 1090. The third kappa shape index (κ3) is 4.20. The number of nitrogens with one attached hydrogen (secondary N) is 1. The second-order valence-corrected chi connectivity index (χ2v) is 6.74. The summed E-state index contributed by atoms with van der Waals surface area (Å²) in [4.78, 5) is 24.9. The molecule has 2 aromatic rings. The monoisotopic (exact) mass is 451 g/mol. The van der Waals surface area contributed by atoms with Crippen molar-refractivity contribution in [3.63, 3.8) is 0 Å². The maximum absolute atomic E-state index is 13.1. The predicted octanol–water partition coefficient (Wildman–Crippen LogP) is 3.72. The van der Waals surface area contributed by atoms with Crippen LogP contribution in [0.25, 0.3) is 6.08 Å². The summed E-state index contributed by atoms with van der Waals surface area (Å²) in [6.45, 7) is 0. The van der Waals surface area contributed by atoms with Crippen molar-refractivity contribution >= 4 is 17.8 Å². The van der Waals surface area contributed by atoms with E-state index < -0.39 is 23.9 Å². The van der Waals surface area contributed by atoms with Crippen LogP contribution in [-0.2, 0) is 4.79 Å². The van der Waals surface area contributed by atoms with Crippen LogP contribution < -0.4 is 24.3 Å². The summed E-state index contributed by atoms with van der Waals surface area (Å²) in [6, 6.07) is 6.16. The lowest BCUT2D eigenvalue weighted by molar-refractivity contribution is -0.174. The molecule has 1 atom stereocenters. The summed E-state index contributed by atoms with van der Waals surface area (Å²) in [5.41, 5.74) is 0.669. The third-order valence-corrected chi connectivity index (χ3v) is 4.95. The molecule has 0 bridgehead atoms. The number of hydrogen-bond acceptors (Lipinski definition) is 6. The highest BCUT2D eigenvalue weighted by molar-refractivity contribution is 6.17. The van der Waals surface area contributed by atoms with Crippen LogP contribution in [0.3, 0.4) is 0 Å². The third-order valence-electron chi connectivity index (χ3n) is 4.95. The minimum Gasteiger partial charge on any atom is -0.493 e. The number of rotatable bonds is 6. The van der Waals surface area contributed by atoms with Crippen molar-refractivity contribution in [2.24, 2.45) is 0 Å². The number of benzene rings is 2. The number of halogens is 3. The zero-order chi connectivity index (χ0) is 23.6. The van der Waals surface area contributed by atoms with Crippen LogP contribution in [0.5, 0.6) is 23.0 Å². The first-order chi connectivity index (χ1) is 15.1. The summed E-state index contributed by atoms with van der Waals surface area (Å²) in [7, 11) is 5.60. The van der Waals surface area contributed by atoms with Crippen molar-refractivity contribution in [2.75, 3.05) is 28.4 Å². The van der Waals surface area contributed by atoms with Gasteiger partial charge in [0.15, 0.2) is 28.8 Å². The van der Waals surface area contributed by atoms with Gasteiger partial charge < -0.3 is 24.3 Å².